The average Bonchev–Trinajstić information content (AvgIpc) is 3.70. The molecule has 3 aromatic carbocycles. The number of aromatic amines is 1. The van der Waals surface area contributed by atoms with Crippen LogP contribution in [-0.4, -0.2) is 47.5 Å². The van der Waals surface area contributed by atoms with Crippen molar-refractivity contribution in [3.05, 3.63) is 118 Å². The standard InChI is InChI=1S/C30H25Cl2N7O/c31-23-11-8-21(9-12-23)26-18-33-30(35-26)29-25(20-5-2-1-3-6-20)7-4-16-38(29)28(40)15-10-22-17-24(32)13-14-27(22)39-19-34-36-37-39/h1-3,5-6,8-15,17-19,25,29H,4,7,16H2,(H,33,35)/b15-10+. The third kappa shape index (κ3) is 5.41. The lowest BCUT2D eigenvalue weighted by Crippen LogP contribution is -2.41. The van der Waals surface area contributed by atoms with Gasteiger partial charge in [0.05, 0.1) is 17.4 Å². The van der Waals surface area contributed by atoms with Crippen LogP contribution >= 0.6 is 23.2 Å². The minimum absolute atomic E-state index is 0.0828. The van der Waals surface area contributed by atoms with E-state index in [4.69, 9.17) is 28.2 Å². The number of H-pyrrole nitrogens is 1. The van der Waals surface area contributed by atoms with E-state index in [-0.39, 0.29) is 17.9 Å². The number of imidazole rings is 1. The van der Waals surface area contributed by atoms with E-state index < -0.39 is 0 Å². The third-order valence-corrected chi connectivity index (χ3v) is 7.64. The van der Waals surface area contributed by atoms with Gasteiger partial charge in [0.2, 0.25) is 5.91 Å². The topological polar surface area (TPSA) is 92.6 Å². The van der Waals surface area contributed by atoms with Gasteiger partial charge in [0.25, 0.3) is 0 Å². The molecule has 6 rings (SSSR count). The molecule has 2 unspecified atom stereocenters. The summed E-state index contributed by atoms with van der Waals surface area (Å²) in [5.41, 5.74) is 4.37. The molecular weight excluding hydrogens is 545 g/mol. The molecule has 8 nitrogen and oxygen atoms in total. The molecule has 40 heavy (non-hydrogen) atoms. The second kappa shape index (κ2) is 11.5. The fraction of sp³-hybridized carbons (Fsp3) is 0.167. The normalized spacial score (nSPS) is 17.4. The number of likely N-dealkylation sites (tertiary alicyclic amines) is 1. The number of carbonyl (C=O) groups is 1. The number of nitrogens with one attached hydrogen (secondary N) is 1. The van der Waals surface area contributed by atoms with E-state index in [1.807, 2.05) is 59.6 Å². The Labute approximate surface area is 241 Å². The van der Waals surface area contributed by atoms with Crippen molar-refractivity contribution in [2.45, 2.75) is 24.8 Å². The predicted octanol–water partition coefficient (Wildman–Crippen LogP) is 6.52. The third-order valence-electron chi connectivity index (χ3n) is 7.15. The highest BCUT2D eigenvalue weighted by Gasteiger charge is 2.37. The number of hydrogen-bond donors (Lipinski definition) is 1. The van der Waals surface area contributed by atoms with Gasteiger partial charge in [-0.1, -0.05) is 65.7 Å². The van der Waals surface area contributed by atoms with E-state index in [1.165, 1.54) is 16.6 Å². The van der Waals surface area contributed by atoms with E-state index in [2.05, 4.69) is 32.6 Å². The first-order valence-electron chi connectivity index (χ1n) is 12.9. The van der Waals surface area contributed by atoms with E-state index >= 15 is 0 Å². The molecule has 0 saturated carbocycles. The molecule has 10 heteroatoms. The smallest absolute Gasteiger partial charge is 0.247 e. The molecule has 1 aliphatic rings. The summed E-state index contributed by atoms with van der Waals surface area (Å²) in [7, 11) is 0. The SMILES string of the molecule is O=C(/C=C/c1cc(Cl)ccc1-n1cnnn1)N1CCCC(c2ccccc2)C1c1nc(-c2ccc(Cl)cc2)c[nH]1. The Kier molecular flexibility index (Phi) is 7.44. The van der Waals surface area contributed by atoms with Crippen LogP contribution in [0.25, 0.3) is 23.0 Å². The minimum Gasteiger partial charge on any atom is -0.346 e. The van der Waals surface area contributed by atoms with Crippen molar-refractivity contribution >= 4 is 35.2 Å². The number of halogens is 2. The maximum Gasteiger partial charge on any atom is 0.247 e. The van der Waals surface area contributed by atoms with E-state index in [0.29, 0.717) is 16.6 Å². The fourth-order valence-corrected chi connectivity index (χ4v) is 5.59. The molecule has 1 saturated heterocycles. The maximum absolute atomic E-state index is 13.8. The lowest BCUT2D eigenvalue weighted by atomic mass is 9.83. The molecule has 5 aromatic rings. The maximum atomic E-state index is 13.8. The molecule has 0 bridgehead atoms. The highest BCUT2D eigenvalue weighted by atomic mass is 35.5. The number of benzene rings is 3. The number of rotatable bonds is 6. The number of piperidine rings is 1. The van der Waals surface area contributed by atoms with Crippen molar-refractivity contribution in [3.63, 3.8) is 0 Å². The minimum atomic E-state index is -0.271. The zero-order chi connectivity index (χ0) is 27.5. The van der Waals surface area contributed by atoms with Crippen molar-refractivity contribution in [3.8, 4) is 16.9 Å². The average molecular weight is 570 g/mol. The van der Waals surface area contributed by atoms with Crippen molar-refractivity contribution in [2.75, 3.05) is 6.54 Å². The summed E-state index contributed by atoms with van der Waals surface area (Å²) in [5.74, 6) is 0.717. The van der Waals surface area contributed by atoms with Crippen molar-refractivity contribution in [1.29, 1.82) is 0 Å². The molecule has 0 radical (unpaired) electrons. The Morgan fingerprint density at radius 1 is 1.00 bits per heavy atom. The molecule has 200 valence electrons. The first-order valence-corrected chi connectivity index (χ1v) is 13.7. The Bertz CT molecular complexity index is 1630. The molecular formula is C30H25Cl2N7O. The molecule has 2 aromatic heterocycles. The van der Waals surface area contributed by atoms with Crippen LogP contribution in [0.15, 0.2) is 91.4 Å². The van der Waals surface area contributed by atoms with Gasteiger partial charge in [-0.25, -0.2) is 4.98 Å². The summed E-state index contributed by atoms with van der Waals surface area (Å²) in [6, 6.07) is 23.0. The van der Waals surface area contributed by atoms with Crippen LogP contribution in [0.5, 0.6) is 0 Å². The van der Waals surface area contributed by atoms with Crippen molar-refractivity contribution in [1.82, 2.24) is 35.1 Å². The second-order valence-electron chi connectivity index (χ2n) is 9.60. The highest BCUT2D eigenvalue weighted by molar-refractivity contribution is 6.31. The number of amides is 1. The van der Waals surface area contributed by atoms with Gasteiger partial charge in [-0.3, -0.25) is 4.79 Å². The molecule has 0 spiro atoms. The number of nitrogens with zero attached hydrogens (tertiary/aromatic N) is 6. The number of carbonyl (C=O) groups excluding carboxylic acids is 1. The molecule has 0 aliphatic carbocycles. The van der Waals surface area contributed by atoms with Crippen LogP contribution in [-0.2, 0) is 4.79 Å². The molecule has 1 amide bonds. The zero-order valence-corrected chi connectivity index (χ0v) is 22.9. The van der Waals surface area contributed by atoms with Crippen LogP contribution in [0.1, 0.15) is 41.8 Å². The van der Waals surface area contributed by atoms with Gasteiger partial charge in [0.15, 0.2) is 0 Å². The monoisotopic (exact) mass is 569 g/mol. The van der Waals surface area contributed by atoms with Crippen LogP contribution < -0.4 is 0 Å². The second-order valence-corrected chi connectivity index (χ2v) is 10.5. The Morgan fingerprint density at radius 3 is 2.58 bits per heavy atom. The Morgan fingerprint density at radius 2 is 1.80 bits per heavy atom. The largest absolute Gasteiger partial charge is 0.346 e. The van der Waals surface area contributed by atoms with Crippen LogP contribution in [0.2, 0.25) is 10.0 Å². The molecule has 1 aliphatic heterocycles. The van der Waals surface area contributed by atoms with Crippen LogP contribution in [0.3, 0.4) is 0 Å². The Hall–Kier alpha value is -4.27. The van der Waals surface area contributed by atoms with Crippen LogP contribution in [0.4, 0.5) is 0 Å². The van der Waals surface area contributed by atoms with Gasteiger partial charge in [0, 0.05) is 45.9 Å². The zero-order valence-electron chi connectivity index (χ0n) is 21.4. The Balaban J connectivity index is 1.35. The van der Waals surface area contributed by atoms with E-state index in [1.54, 1.807) is 24.3 Å². The van der Waals surface area contributed by atoms with Gasteiger partial charge >= 0.3 is 0 Å². The summed E-state index contributed by atoms with van der Waals surface area (Å²) in [6.07, 6.45) is 8.56. The number of tetrazole rings is 1. The lowest BCUT2D eigenvalue weighted by molar-refractivity contribution is -0.130. The van der Waals surface area contributed by atoms with Gasteiger partial charge < -0.3 is 9.88 Å². The first kappa shape index (κ1) is 26.0. The first-order chi connectivity index (χ1) is 19.6. The number of hydrogen-bond acceptors (Lipinski definition) is 5. The van der Waals surface area contributed by atoms with E-state index in [0.717, 1.165) is 41.2 Å². The lowest BCUT2D eigenvalue weighted by Gasteiger charge is -2.40. The fourth-order valence-electron chi connectivity index (χ4n) is 5.28. The van der Waals surface area contributed by atoms with Gasteiger partial charge in [0.1, 0.15) is 12.2 Å². The summed E-state index contributed by atoms with van der Waals surface area (Å²) >= 11 is 12.4. The predicted molar refractivity (Wildman–Crippen MR) is 155 cm³/mol. The summed E-state index contributed by atoms with van der Waals surface area (Å²) < 4.78 is 1.54. The van der Waals surface area contributed by atoms with Crippen LogP contribution in [0, 0.1) is 0 Å². The molecule has 1 N–H and O–H groups in total. The molecule has 2 atom stereocenters. The summed E-state index contributed by atoms with van der Waals surface area (Å²) in [5, 5.41) is 12.6. The highest BCUT2D eigenvalue weighted by Crippen LogP contribution is 2.42. The summed E-state index contributed by atoms with van der Waals surface area (Å²) in [6.45, 7) is 0.615. The van der Waals surface area contributed by atoms with Gasteiger partial charge in [-0.05, 0) is 65.2 Å². The van der Waals surface area contributed by atoms with Crippen molar-refractivity contribution in [2.24, 2.45) is 0 Å². The van der Waals surface area contributed by atoms with E-state index in [9.17, 15) is 4.79 Å². The van der Waals surface area contributed by atoms with Crippen molar-refractivity contribution < 1.29 is 4.79 Å². The number of aromatic nitrogens is 6. The molecule has 3 heterocycles. The summed E-state index contributed by atoms with van der Waals surface area (Å²) in [4.78, 5) is 24.1. The van der Waals surface area contributed by atoms with Gasteiger partial charge in [-0.2, -0.15) is 4.68 Å². The molecule has 1 fully saturated rings. The van der Waals surface area contributed by atoms with Gasteiger partial charge in [-0.15, -0.1) is 5.10 Å². The quantitative estimate of drug-likeness (QED) is 0.235.